The van der Waals surface area contributed by atoms with Gasteiger partial charge in [-0.1, -0.05) is 6.42 Å². The molecule has 2 rings (SSSR count). The zero-order valence-corrected chi connectivity index (χ0v) is 11.7. The molecule has 0 aliphatic carbocycles. The van der Waals surface area contributed by atoms with Gasteiger partial charge in [0.05, 0.1) is 6.20 Å². The molecule has 19 heavy (non-hydrogen) atoms. The van der Waals surface area contributed by atoms with Crippen molar-refractivity contribution in [2.24, 2.45) is 7.05 Å². The van der Waals surface area contributed by atoms with Gasteiger partial charge in [-0.05, 0) is 32.7 Å². The number of hydrogen-bond acceptors (Lipinski definition) is 3. The summed E-state index contributed by atoms with van der Waals surface area (Å²) >= 11 is 0. The van der Waals surface area contributed by atoms with Crippen molar-refractivity contribution >= 4 is 5.97 Å². The molecule has 0 radical (unpaired) electrons. The van der Waals surface area contributed by atoms with Crippen molar-refractivity contribution in [1.29, 1.82) is 0 Å². The molecule has 1 aliphatic heterocycles. The molecule has 1 saturated heterocycles. The summed E-state index contributed by atoms with van der Waals surface area (Å²) in [5, 5.41) is 13.1. The number of aliphatic carboxylic acids is 1. The first kappa shape index (κ1) is 14.1. The van der Waals surface area contributed by atoms with Crippen LogP contribution < -0.4 is 0 Å². The van der Waals surface area contributed by atoms with Crippen LogP contribution in [0.2, 0.25) is 0 Å². The Balaban J connectivity index is 2.03. The molecule has 1 fully saturated rings. The number of hydrogen-bond donors (Lipinski definition) is 1. The lowest BCUT2D eigenvalue weighted by Gasteiger charge is -2.39. The van der Waals surface area contributed by atoms with Crippen LogP contribution in [0.4, 0.5) is 0 Å². The summed E-state index contributed by atoms with van der Waals surface area (Å²) in [6.07, 6.45) is 8.49. The molecule has 0 aromatic carbocycles. The van der Waals surface area contributed by atoms with Gasteiger partial charge < -0.3 is 5.11 Å². The molecule has 0 bridgehead atoms. The highest BCUT2D eigenvalue weighted by Gasteiger charge is 2.28. The molecule has 5 heteroatoms. The van der Waals surface area contributed by atoms with Gasteiger partial charge in [0.1, 0.15) is 0 Å². The van der Waals surface area contributed by atoms with Gasteiger partial charge in [-0.25, -0.2) is 0 Å². The van der Waals surface area contributed by atoms with Gasteiger partial charge in [-0.15, -0.1) is 0 Å². The number of aromatic nitrogens is 2. The van der Waals surface area contributed by atoms with Crippen molar-refractivity contribution in [3.05, 3.63) is 18.0 Å². The van der Waals surface area contributed by atoms with Gasteiger partial charge in [-0.3, -0.25) is 14.4 Å². The third kappa shape index (κ3) is 3.56. The summed E-state index contributed by atoms with van der Waals surface area (Å²) in [5.74, 6) is -0.695. The van der Waals surface area contributed by atoms with E-state index >= 15 is 0 Å². The van der Waals surface area contributed by atoms with Crippen molar-refractivity contribution in [2.45, 2.75) is 51.1 Å². The van der Waals surface area contributed by atoms with Crippen LogP contribution in [-0.4, -0.2) is 38.3 Å². The van der Waals surface area contributed by atoms with Gasteiger partial charge in [-0.2, -0.15) is 5.10 Å². The smallest absolute Gasteiger partial charge is 0.303 e. The maximum absolute atomic E-state index is 10.8. The fourth-order valence-electron chi connectivity index (χ4n) is 2.98. The van der Waals surface area contributed by atoms with E-state index in [0.29, 0.717) is 12.1 Å². The van der Waals surface area contributed by atoms with Crippen LogP contribution in [0.5, 0.6) is 0 Å². The predicted octanol–water partition coefficient (Wildman–Crippen LogP) is 2.20. The summed E-state index contributed by atoms with van der Waals surface area (Å²) in [5.41, 5.74) is 1.21. The lowest BCUT2D eigenvalue weighted by molar-refractivity contribution is -0.137. The number of nitrogens with zero attached hydrogens (tertiary/aromatic N) is 3. The monoisotopic (exact) mass is 265 g/mol. The summed E-state index contributed by atoms with van der Waals surface area (Å²) < 4.78 is 1.82. The average molecular weight is 265 g/mol. The van der Waals surface area contributed by atoms with E-state index in [2.05, 4.69) is 16.9 Å². The van der Waals surface area contributed by atoms with Gasteiger partial charge >= 0.3 is 5.97 Å². The Morgan fingerprint density at radius 1 is 1.58 bits per heavy atom. The molecule has 5 nitrogen and oxygen atoms in total. The van der Waals surface area contributed by atoms with E-state index in [1.165, 1.54) is 18.4 Å². The molecular formula is C14H23N3O2. The highest BCUT2D eigenvalue weighted by Crippen LogP contribution is 2.30. The van der Waals surface area contributed by atoms with Crippen molar-refractivity contribution in [2.75, 3.05) is 6.54 Å². The second-order valence-electron chi connectivity index (χ2n) is 5.44. The molecule has 0 saturated carbocycles. The summed E-state index contributed by atoms with van der Waals surface area (Å²) in [7, 11) is 1.92. The topological polar surface area (TPSA) is 58.4 Å². The number of carbonyl (C=O) groups is 1. The zero-order chi connectivity index (χ0) is 13.8. The third-order valence-corrected chi connectivity index (χ3v) is 4.07. The SMILES string of the molecule is CC(c1cnn(C)c1)N1CCCCC1CCC(=O)O. The Morgan fingerprint density at radius 2 is 2.37 bits per heavy atom. The first-order valence-electron chi connectivity index (χ1n) is 7.04. The summed E-state index contributed by atoms with van der Waals surface area (Å²) in [4.78, 5) is 13.2. The predicted molar refractivity (Wildman–Crippen MR) is 72.8 cm³/mol. The van der Waals surface area contributed by atoms with Crippen LogP contribution in [-0.2, 0) is 11.8 Å². The first-order chi connectivity index (χ1) is 9.08. The Bertz CT molecular complexity index is 430. The van der Waals surface area contributed by atoms with E-state index in [0.717, 1.165) is 19.4 Å². The minimum Gasteiger partial charge on any atom is -0.481 e. The number of aryl methyl sites for hydroxylation is 1. The van der Waals surface area contributed by atoms with Gasteiger partial charge in [0.25, 0.3) is 0 Å². The van der Waals surface area contributed by atoms with Crippen LogP contribution in [0.15, 0.2) is 12.4 Å². The molecule has 106 valence electrons. The highest BCUT2D eigenvalue weighted by molar-refractivity contribution is 5.66. The number of piperidine rings is 1. The lowest BCUT2D eigenvalue weighted by Crippen LogP contribution is -2.41. The van der Waals surface area contributed by atoms with E-state index in [9.17, 15) is 4.79 Å². The van der Waals surface area contributed by atoms with Crippen LogP contribution >= 0.6 is 0 Å². The standard InChI is InChI=1S/C14H23N3O2/c1-11(12-9-15-16(2)10-12)17-8-4-3-5-13(17)6-7-14(18)19/h9-11,13H,3-8H2,1-2H3,(H,18,19). The van der Waals surface area contributed by atoms with Crippen LogP contribution in [0.1, 0.15) is 50.6 Å². The second-order valence-corrected chi connectivity index (χ2v) is 5.44. The van der Waals surface area contributed by atoms with Crippen LogP contribution in [0.25, 0.3) is 0 Å². The molecule has 0 amide bonds. The summed E-state index contributed by atoms with van der Waals surface area (Å²) in [6, 6.07) is 0.702. The quantitative estimate of drug-likeness (QED) is 0.886. The minimum absolute atomic E-state index is 0.265. The maximum Gasteiger partial charge on any atom is 0.303 e. The molecule has 1 aromatic heterocycles. The first-order valence-corrected chi connectivity index (χ1v) is 7.04. The van der Waals surface area contributed by atoms with Gasteiger partial charge in [0, 0.05) is 37.3 Å². The number of likely N-dealkylation sites (tertiary alicyclic amines) is 1. The molecule has 0 spiro atoms. The Morgan fingerprint density at radius 3 is 3.00 bits per heavy atom. The van der Waals surface area contributed by atoms with Crippen LogP contribution in [0, 0.1) is 0 Å². The minimum atomic E-state index is -0.695. The molecule has 2 atom stereocenters. The highest BCUT2D eigenvalue weighted by atomic mass is 16.4. The number of rotatable bonds is 5. The second kappa shape index (κ2) is 6.19. The molecule has 1 N–H and O–H groups in total. The molecule has 2 heterocycles. The van der Waals surface area contributed by atoms with Crippen LogP contribution in [0.3, 0.4) is 0 Å². The Hall–Kier alpha value is -1.36. The van der Waals surface area contributed by atoms with Gasteiger partial charge in [0.2, 0.25) is 0 Å². The zero-order valence-electron chi connectivity index (χ0n) is 11.7. The number of carboxylic acid groups (broad SMARTS) is 1. The van der Waals surface area contributed by atoms with Crippen molar-refractivity contribution in [3.8, 4) is 0 Å². The van der Waals surface area contributed by atoms with Crippen molar-refractivity contribution in [1.82, 2.24) is 14.7 Å². The molecule has 1 aliphatic rings. The molecular weight excluding hydrogens is 242 g/mol. The van der Waals surface area contributed by atoms with E-state index in [-0.39, 0.29) is 6.42 Å². The summed E-state index contributed by atoms with van der Waals surface area (Å²) in [6.45, 7) is 3.25. The van der Waals surface area contributed by atoms with Crippen molar-refractivity contribution < 1.29 is 9.90 Å². The third-order valence-electron chi connectivity index (χ3n) is 4.07. The number of carboxylic acids is 1. The van der Waals surface area contributed by atoms with E-state index in [4.69, 9.17) is 5.11 Å². The van der Waals surface area contributed by atoms with Crippen molar-refractivity contribution in [3.63, 3.8) is 0 Å². The maximum atomic E-state index is 10.8. The molecule has 2 unspecified atom stereocenters. The average Bonchev–Trinajstić information content (AvgIpc) is 2.82. The fraction of sp³-hybridized carbons (Fsp3) is 0.714. The molecule has 1 aromatic rings. The van der Waals surface area contributed by atoms with E-state index in [1.54, 1.807) is 0 Å². The largest absolute Gasteiger partial charge is 0.481 e. The Kier molecular flexibility index (Phi) is 4.58. The fourth-order valence-corrected chi connectivity index (χ4v) is 2.98. The Labute approximate surface area is 114 Å². The van der Waals surface area contributed by atoms with E-state index < -0.39 is 5.97 Å². The van der Waals surface area contributed by atoms with E-state index in [1.807, 2.05) is 24.1 Å². The van der Waals surface area contributed by atoms with Gasteiger partial charge in [0.15, 0.2) is 0 Å². The normalized spacial score (nSPS) is 22.3. The lowest BCUT2D eigenvalue weighted by atomic mass is 9.95.